The van der Waals surface area contributed by atoms with Crippen molar-refractivity contribution in [2.75, 3.05) is 31.2 Å². The standard InChI is InChI=1S/C20H25Cl2N5O/c1-12-16(13-4-3-5-14(21)15(13)22)26-17(20(24)10-28-11-20)18(25-12)27-8-6-19(2,23)7-9-27/h3-5H,6-11,23-24H2,1-2H3. The summed E-state index contributed by atoms with van der Waals surface area (Å²) in [7, 11) is 0. The summed E-state index contributed by atoms with van der Waals surface area (Å²) >= 11 is 12.7. The lowest BCUT2D eigenvalue weighted by Crippen LogP contribution is -2.56. The molecule has 2 aliphatic heterocycles. The lowest BCUT2D eigenvalue weighted by atomic mass is 9.89. The summed E-state index contributed by atoms with van der Waals surface area (Å²) in [5.41, 5.74) is 15.1. The SMILES string of the molecule is Cc1nc(N2CCC(C)(N)CC2)c(C2(N)COC2)nc1-c1cccc(Cl)c1Cl. The van der Waals surface area contributed by atoms with Crippen LogP contribution in [0.5, 0.6) is 0 Å². The van der Waals surface area contributed by atoms with Gasteiger partial charge in [0.25, 0.3) is 0 Å². The third-order valence-electron chi connectivity index (χ3n) is 5.65. The molecule has 0 spiro atoms. The summed E-state index contributed by atoms with van der Waals surface area (Å²) in [4.78, 5) is 12.1. The fraction of sp³-hybridized carbons (Fsp3) is 0.500. The summed E-state index contributed by atoms with van der Waals surface area (Å²) in [6.45, 7) is 6.51. The molecule has 2 fully saturated rings. The summed E-state index contributed by atoms with van der Waals surface area (Å²) < 4.78 is 5.41. The number of aromatic nitrogens is 2. The Balaban J connectivity index is 1.82. The van der Waals surface area contributed by atoms with Crippen LogP contribution in [-0.2, 0) is 10.3 Å². The largest absolute Gasteiger partial charge is 0.377 e. The first-order valence-corrected chi connectivity index (χ1v) is 10.2. The molecule has 28 heavy (non-hydrogen) atoms. The van der Waals surface area contributed by atoms with Gasteiger partial charge in [0.15, 0.2) is 5.82 Å². The van der Waals surface area contributed by atoms with Crippen molar-refractivity contribution in [2.24, 2.45) is 11.5 Å². The predicted molar refractivity (Wildman–Crippen MR) is 113 cm³/mol. The Morgan fingerprint density at radius 2 is 1.79 bits per heavy atom. The molecule has 2 aliphatic rings. The molecule has 4 N–H and O–H groups in total. The molecule has 0 atom stereocenters. The van der Waals surface area contributed by atoms with Crippen LogP contribution >= 0.6 is 23.2 Å². The maximum absolute atomic E-state index is 6.61. The van der Waals surface area contributed by atoms with Crippen molar-refractivity contribution in [3.63, 3.8) is 0 Å². The van der Waals surface area contributed by atoms with Gasteiger partial charge in [-0.25, -0.2) is 9.97 Å². The van der Waals surface area contributed by atoms with Crippen LogP contribution in [0.3, 0.4) is 0 Å². The van der Waals surface area contributed by atoms with Crippen LogP contribution in [0.25, 0.3) is 11.3 Å². The Morgan fingerprint density at radius 3 is 2.39 bits per heavy atom. The van der Waals surface area contributed by atoms with Crippen molar-refractivity contribution >= 4 is 29.0 Å². The number of nitrogens with zero attached hydrogens (tertiary/aromatic N) is 3. The van der Waals surface area contributed by atoms with Gasteiger partial charge in [-0.15, -0.1) is 0 Å². The average molecular weight is 422 g/mol. The molecule has 0 amide bonds. The van der Waals surface area contributed by atoms with Crippen molar-refractivity contribution in [1.29, 1.82) is 0 Å². The van der Waals surface area contributed by atoms with Crippen LogP contribution in [0.2, 0.25) is 10.0 Å². The highest BCUT2D eigenvalue weighted by Gasteiger charge is 2.42. The molecule has 1 aromatic carbocycles. The van der Waals surface area contributed by atoms with Gasteiger partial charge in [-0.1, -0.05) is 35.3 Å². The maximum Gasteiger partial charge on any atom is 0.152 e. The van der Waals surface area contributed by atoms with Gasteiger partial charge in [-0.3, -0.25) is 0 Å². The molecule has 2 aromatic rings. The van der Waals surface area contributed by atoms with E-state index in [0.717, 1.165) is 48.7 Å². The van der Waals surface area contributed by atoms with Crippen molar-refractivity contribution < 1.29 is 4.74 Å². The second-order valence-electron chi connectivity index (χ2n) is 8.22. The highest BCUT2D eigenvalue weighted by Crippen LogP contribution is 2.39. The first-order chi connectivity index (χ1) is 13.2. The Labute approximate surface area is 175 Å². The smallest absolute Gasteiger partial charge is 0.152 e. The number of aryl methyl sites for hydroxylation is 1. The van der Waals surface area contributed by atoms with E-state index >= 15 is 0 Å². The Morgan fingerprint density at radius 1 is 1.11 bits per heavy atom. The number of anilines is 1. The van der Waals surface area contributed by atoms with Crippen LogP contribution in [0.4, 0.5) is 5.82 Å². The number of rotatable bonds is 3. The van der Waals surface area contributed by atoms with Gasteiger partial charge in [0.05, 0.1) is 34.6 Å². The van der Waals surface area contributed by atoms with Gasteiger partial charge in [0, 0.05) is 24.2 Å². The first kappa shape index (κ1) is 19.9. The molecular weight excluding hydrogens is 397 g/mol. The third-order valence-corrected chi connectivity index (χ3v) is 6.47. The predicted octanol–water partition coefficient (Wildman–Crippen LogP) is 3.26. The average Bonchev–Trinajstić information content (AvgIpc) is 2.62. The van der Waals surface area contributed by atoms with Crippen molar-refractivity contribution in [2.45, 2.75) is 37.8 Å². The van der Waals surface area contributed by atoms with Crippen molar-refractivity contribution in [3.05, 3.63) is 39.6 Å². The van der Waals surface area contributed by atoms with E-state index in [1.54, 1.807) is 6.07 Å². The van der Waals surface area contributed by atoms with Crippen molar-refractivity contribution in [1.82, 2.24) is 9.97 Å². The molecule has 3 heterocycles. The van der Waals surface area contributed by atoms with E-state index in [1.165, 1.54) is 0 Å². The number of hydrogen-bond acceptors (Lipinski definition) is 6. The highest BCUT2D eigenvalue weighted by atomic mass is 35.5. The monoisotopic (exact) mass is 421 g/mol. The van der Waals surface area contributed by atoms with Gasteiger partial charge < -0.3 is 21.1 Å². The zero-order valence-electron chi connectivity index (χ0n) is 16.1. The van der Waals surface area contributed by atoms with E-state index in [2.05, 4.69) is 11.8 Å². The van der Waals surface area contributed by atoms with Crippen LogP contribution < -0.4 is 16.4 Å². The van der Waals surface area contributed by atoms with Crippen LogP contribution in [-0.4, -0.2) is 41.8 Å². The van der Waals surface area contributed by atoms with E-state index in [4.69, 9.17) is 49.4 Å². The maximum atomic E-state index is 6.61. The number of hydrogen-bond donors (Lipinski definition) is 2. The van der Waals surface area contributed by atoms with Gasteiger partial charge in [-0.05, 0) is 32.8 Å². The van der Waals surface area contributed by atoms with E-state index in [-0.39, 0.29) is 5.54 Å². The quantitative estimate of drug-likeness (QED) is 0.789. The van der Waals surface area contributed by atoms with E-state index < -0.39 is 5.54 Å². The highest BCUT2D eigenvalue weighted by molar-refractivity contribution is 6.43. The van der Waals surface area contributed by atoms with Gasteiger partial charge >= 0.3 is 0 Å². The molecule has 0 unspecified atom stereocenters. The zero-order valence-corrected chi connectivity index (χ0v) is 17.6. The number of benzene rings is 1. The molecule has 0 radical (unpaired) electrons. The molecule has 150 valence electrons. The molecule has 0 aliphatic carbocycles. The fourth-order valence-corrected chi connectivity index (χ4v) is 4.08. The Hall–Kier alpha value is -1.44. The summed E-state index contributed by atoms with van der Waals surface area (Å²) in [5.74, 6) is 0.820. The normalized spacial score (nSPS) is 20.7. The lowest BCUT2D eigenvalue weighted by molar-refractivity contribution is -0.0589. The molecule has 1 aromatic heterocycles. The number of ether oxygens (including phenoxy) is 1. The van der Waals surface area contributed by atoms with Crippen LogP contribution in [0.1, 0.15) is 31.2 Å². The van der Waals surface area contributed by atoms with Gasteiger partial charge in [0.2, 0.25) is 0 Å². The van der Waals surface area contributed by atoms with Gasteiger partial charge in [0.1, 0.15) is 11.2 Å². The minimum Gasteiger partial charge on any atom is -0.377 e. The molecular formula is C20H25Cl2N5O. The third kappa shape index (κ3) is 3.48. The van der Waals surface area contributed by atoms with Crippen LogP contribution in [0, 0.1) is 6.92 Å². The molecule has 0 saturated carbocycles. The number of halogens is 2. The number of piperidine rings is 1. The molecule has 4 rings (SSSR count). The second-order valence-corrected chi connectivity index (χ2v) is 9.01. The van der Waals surface area contributed by atoms with Gasteiger partial charge in [-0.2, -0.15) is 0 Å². The molecule has 0 bridgehead atoms. The number of nitrogens with two attached hydrogens (primary N) is 2. The Kier molecular flexibility index (Phi) is 5.04. The molecule has 8 heteroatoms. The minimum atomic E-state index is -0.653. The summed E-state index contributed by atoms with van der Waals surface area (Å²) in [6, 6.07) is 5.51. The second kappa shape index (κ2) is 7.11. The summed E-state index contributed by atoms with van der Waals surface area (Å²) in [5, 5.41) is 0.951. The van der Waals surface area contributed by atoms with E-state index in [9.17, 15) is 0 Å². The fourth-order valence-electron chi connectivity index (χ4n) is 3.69. The molecule has 2 saturated heterocycles. The molecule has 6 nitrogen and oxygen atoms in total. The van der Waals surface area contributed by atoms with E-state index in [0.29, 0.717) is 29.0 Å². The lowest BCUT2D eigenvalue weighted by Gasteiger charge is -2.42. The van der Waals surface area contributed by atoms with Crippen LogP contribution in [0.15, 0.2) is 18.2 Å². The minimum absolute atomic E-state index is 0.145. The summed E-state index contributed by atoms with van der Waals surface area (Å²) in [6.07, 6.45) is 1.78. The Bertz CT molecular complexity index is 904. The first-order valence-electron chi connectivity index (χ1n) is 9.44. The zero-order chi connectivity index (χ0) is 20.1. The van der Waals surface area contributed by atoms with Crippen molar-refractivity contribution in [3.8, 4) is 11.3 Å². The topological polar surface area (TPSA) is 90.3 Å². The van der Waals surface area contributed by atoms with E-state index in [1.807, 2.05) is 19.1 Å².